The minimum atomic E-state index is -1.30. The molecule has 0 fully saturated rings. The minimum Gasteiger partial charge on any atom is -0.478 e. The zero-order chi connectivity index (χ0) is 9.84. The maximum absolute atomic E-state index is 10.6. The van der Waals surface area contributed by atoms with E-state index in [0.29, 0.717) is 0 Å². The molecule has 0 amide bonds. The molecule has 1 aliphatic heterocycles. The van der Waals surface area contributed by atoms with Gasteiger partial charge in [0, 0.05) is 6.20 Å². The van der Waals surface area contributed by atoms with Crippen molar-refractivity contribution in [1.82, 2.24) is 5.32 Å². The van der Waals surface area contributed by atoms with Crippen molar-refractivity contribution in [3.05, 3.63) is 35.7 Å². The topological polar surface area (TPSA) is 86.6 Å². The van der Waals surface area contributed by atoms with Crippen LogP contribution in [0.4, 0.5) is 0 Å². The van der Waals surface area contributed by atoms with Crippen molar-refractivity contribution in [1.29, 1.82) is 0 Å². The van der Waals surface area contributed by atoms with Gasteiger partial charge in [-0.1, -0.05) is 6.08 Å². The van der Waals surface area contributed by atoms with E-state index >= 15 is 0 Å². The fourth-order valence-electron chi connectivity index (χ4n) is 0.855. The van der Waals surface area contributed by atoms with E-state index in [9.17, 15) is 9.59 Å². The Bertz CT molecular complexity index is 338. The van der Waals surface area contributed by atoms with Gasteiger partial charge in [0.05, 0.1) is 5.57 Å². The first-order valence-electron chi connectivity index (χ1n) is 3.43. The second-order valence-corrected chi connectivity index (χ2v) is 2.26. The predicted octanol–water partition coefficient (Wildman–Crippen LogP) is 0.0828. The van der Waals surface area contributed by atoms with Gasteiger partial charge in [0.2, 0.25) is 0 Å². The standard InChI is InChI=1S/C8H7NO4/c10-7(11)5-3-1-2-4-9-6(5)8(12)13/h1-4,9H,(H,10,11)(H,12,13). The van der Waals surface area contributed by atoms with Gasteiger partial charge < -0.3 is 15.5 Å². The molecule has 0 aromatic carbocycles. The molecule has 5 heteroatoms. The lowest BCUT2D eigenvalue weighted by Crippen LogP contribution is -2.19. The summed E-state index contributed by atoms with van der Waals surface area (Å²) < 4.78 is 0. The molecule has 0 spiro atoms. The number of nitrogens with one attached hydrogen (secondary N) is 1. The molecule has 5 nitrogen and oxygen atoms in total. The minimum absolute atomic E-state index is 0.266. The lowest BCUT2D eigenvalue weighted by atomic mass is 10.2. The van der Waals surface area contributed by atoms with Gasteiger partial charge in [-0.15, -0.1) is 0 Å². The van der Waals surface area contributed by atoms with Crippen molar-refractivity contribution in [2.75, 3.05) is 0 Å². The average molecular weight is 181 g/mol. The third-order valence-electron chi connectivity index (χ3n) is 1.41. The van der Waals surface area contributed by atoms with E-state index in [0.717, 1.165) is 0 Å². The van der Waals surface area contributed by atoms with Crippen LogP contribution in [0.5, 0.6) is 0 Å². The molecule has 1 aliphatic rings. The molecule has 0 unspecified atom stereocenters. The van der Waals surface area contributed by atoms with Gasteiger partial charge in [-0.2, -0.15) is 0 Å². The van der Waals surface area contributed by atoms with Crippen LogP contribution >= 0.6 is 0 Å². The molecule has 1 heterocycles. The zero-order valence-electron chi connectivity index (χ0n) is 6.52. The summed E-state index contributed by atoms with van der Waals surface area (Å²) in [5.41, 5.74) is -0.602. The Morgan fingerprint density at radius 1 is 1.15 bits per heavy atom. The normalized spacial score (nSPS) is 15.1. The molecule has 0 aliphatic carbocycles. The molecule has 0 bridgehead atoms. The molecule has 0 saturated carbocycles. The van der Waals surface area contributed by atoms with Gasteiger partial charge in [-0.05, 0) is 12.2 Å². The number of carbonyl (C=O) groups is 2. The van der Waals surface area contributed by atoms with Crippen LogP contribution in [-0.2, 0) is 9.59 Å². The highest BCUT2D eigenvalue weighted by Crippen LogP contribution is 2.07. The summed E-state index contributed by atoms with van der Waals surface area (Å²) in [5, 5.41) is 19.6. The van der Waals surface area contributed by atoms with Gasteiger partial charge in [-0.25, -0.2) is 9.59 Å². The van der Waals surface area contributed by atoms with Crippen molar-refractivity contribution in [2.24, 2.45) is 0 Å². The van der Waals surface area contributed by atoms with Crippen LogP contribution in [0.25, 0.3) is 0 Å². The summed E-state index contributed by atoms with van der Waals surface area (Å²) in [6.45, 7) is 0. The highest BCUT2D eigenvalue weighted by molar-refractivity contribution is 6.00. The van der Waals surface area contributed by atoms with Gasteiger partial charge in [-0.3, -0.25) is 0 Å². The Morgan fingerprint density at radius 2 is 1.85 bits per heavy atom. The van der Waals surface area contributed by atoms with Crippen LogP contribution in [-0.4, -0.2) is 22.2 Å². The number of aliphatic carboxylic acids is 2. The zero-order valence-corrected chi connectivity index (χ0v) is 6.52. The number of carboxylic acid groups (broad SMARTS) is 2. The molecule has 3 N–H and O–H groups in total. The number of hydrogen-bond donors (Lipinski definition) is 3. The molecule has 1 rings (SSSR count). The lowest BCUT2D eigenvalue weighted by Gasteiger charge is -2.02. The summed E-state index contributed by atoms with van der Waals surface area (Å²) in [6, 6.07) is 0. The van der Waals surface area contributed by atoms with E-state index in [4.69, 9.17) is 10.2 Å². The monoisotopic (exact) mass is 181 g/mol. The predicted molar refractivity (Wildman–Crippen MR) is 43.7 cm³/mol. The Balaban J connectivity index is 3.17. The Labute approximate surface area is 73.7 Å². The van der Waals surface area contributed by atoms with Crippen LogP contribution in [0.1, 0.15) is 0 Å². The van der Waals surface area contributed by atoms with E-state index in [1.54, 1.807) is 0 Å². The van der Waals surface area contributed by atoms with Gasteiger partial charge in [0.25, 0.3) is 0 Å². The van der Waals surface area contributed by atoms with Crippen LogP contribution in [0, 0.1) is 0 Å². The van der Waals surface area contributed by atoms with Crippen LogP contribution < -0.4 is 5.32 Å². The lowest BCUT2D eigenvalue weighted by molar-refractivity contribution is -0.135. The first kappa shape index (κ1) is 9.05. The highest BCUT2D eigenvalue weighted by atomic mass is 16.4. The second kappa shape index (κ2) is 3.57. The smallest absolute Gasteiger partial charge is 0.353 e. The average Bonchev–Trinajstić information content (AvgIpc) is 2.27. The highest BCUT2D eigenvalue weighted by Gasteiger charge is 2.17. The van der Waals surface area contributed by atoms with Crippen molar-refractivity contribution >= 4 is 11.9 Å². The van der Waals surface area contributed by atoms with E-state index in [-0.39, 0.29) is 11.3 Å². The molecule has 68 valence electrons. The van der Waals surface area contributed by atoms with Crippen LogP contribution in [0.2, 0.25) is 0 Å². The van der Waals surface area contributed by atoms with Crippen LogP contribution in [0.3, 0.4) is 0 Å². The SMILES string of the molecule is O=C(O)C1=C(C(=O)O)NC=CC=C1. The summed E-state index contributed by atoms with van der Waals surface area (Å²) in [4.78, 5) is 21.2. The molecule has 0 aromatic heterocycles. The van der Waals surface area contributed by atoms with Gasteiger partial charge in [0.15, 0.2) is 0 Å². The fourth-order valence-corrected chi connectivity index (χ4v) is 0.855. The van der Waals surface area contributed by atoms with E-state index < -0.39 is 11.9 Å². The Kier molecular flexibility index (Phi) is 2.49. The van der Waals surface area contributed by atoms with Gasteiger partial charge in [0.1, 0.15) is 5.70 Å². The third-order valence-corrected chi connectivity index (χ3v) is 1.41. The summed E-state index contributed by atoms with van der Waals surface area (Å²) in [6.07, 6.45) is 5.55. The summed E-state index contributed by atoms with van der Waals surface area (Å²) in [7, 11) is 0. The number of rotatable bonds is 2. The Hall–Kier alpha value is -2.04. The van der Waals surface area contributed by atoms with Crippen molar-refractivity contribution < 1.29 is 19.8 Å². The van der Waals surface area contributed by atoms with Crippen molar-refractivity contribution in [3.8, 4) is 0 Å². The number of allylic oxidation sites excluding steroid dienone is 2. The number of carboxylic acids is 2. The molecule has 0 aromatic rings. The maximum Gasteiger partial charge on any atom is 0.353 e. The Morgan fingerprint density at radius 3 is 2.38 bits per heavy atom. The molecule has 0 atom stereocenters. The molecular weight excluding hydrogens is 174 g/mol. The molecule has 13 heavy (non-hydrogen) atoms. The van der Waals surface area contributed by atoms with E-state index in [1.165, 1.54) is 24.4 Å². The van der Waals surface area contributed by atoms with E-state index in [2.05, 4.69) is 5.32 Å². The second-order valence-electron chi connectivity index (χ2n) is 2.26. The first-order valence-corrected chi connectivity index (χ1v) is 3.43. The number of hydrogen-bond acceptors (Lipinski definition) is 3. The maximum atomic E-state index is 10.6. The first-order chi connectivity index (χ1) is 6.13. The van der Waals surface area contributed by atoms with Crippen LogP contribution in [0.15, 0.2) is 35.7 Å². The molecule has 0 saturated heterocycles. The fraction of sp³-hybridized carbons (Fsp3) is 0. The summed E-state index contributed by atoms with van der Waals surface area (Å²) in [5.74, 6) is -2.57. The van der Waals surface area contributed by atoms with Crippen molar-refractivity contribution in [3.63, 3.8) is 0 Å². The molecular formula is C8H7NO4. The molecule has 0 radical (unpaired) electrons. The quantitative estimate of drug-likeness (QED) is 0.561. The van der Waals surface area contributed by atoms with E-state index in [1.807, 2.05) is 0 Å². The summed E-state index contributed by atoms with van der Waals surface area (Å²) >= 11 is 0. The van der Waals surface area contributed by atoms with Gasteiger partial charge >= 0.3 is 11.9 Å². The van der Waals surface area contributed by atoms with Crippen molar-refractivity contribution in [2.45, 2.75) is 0 Å². The largest absolute Gasteiger partial charge is 0.478 e. The third kappa shape index (κ3) is 1.96.